The molecule has 2 aromatic rings. The molecule has 0 saturated carbocycles. The van der Waals surface area contributed by atoms with Gasteiger partial charge < -0.3 is 9.35 Å². The van der Waals surface area contributed by atoms with Crippen LogP contribution < -0.4 is 0 Å². The maximum Gasteiger partial charge on any atom is 0.169 e. The van der Waals surface area contributed by atoms with Crippen LogP contribution in [0.25, 0.3) is 0 Å². The molecule has 0 aromatic heterocycles. The molecule has 0 atom stereocenters. The molecule has 0 bridgehead atoms. The van der Waals surface area contributed by atoms with Crippen LogP contribution >= 0.6 is 0 Å². The molecule has 0 fully saturated rings. The molecule has 168 valence electrons. The van der Waals surface area contributed by atoms with Crippen LogP contribution in [0.5, 0.6) is 0 Å². The van der Waals surface area contributed by atoms with Gasteiger partial charge in [0, 0.05) is 17.8 Å². The lowest BCUT2D eigenvalue weighted by Crippen LogP contribution is -2.43. The molecular formula is C25H40N4Si2. The molecule has 0 radical (unpaired) electrons. The van der Waals surface area contributed by atoms with Gasteiger partial charge in [-0.1, -0.05) is 99.9 Å². The number of benzene rings is 2. The molecule has 0 amide bonds. The molecule has 2 aromatic carbocycles. The van der Waals surface area contributed by atoms with Gasteiger partial charge in [0.25, 0.3) is 0 Å². The minimum atomic E-state index is -1.59. The summed E-state index contributed by atoms with van der Waals surface area (Å²) in [6.45, 7) is 20.1. The largest absolute Gasteiger partial charge is 0.320 e. The monoisotopic (exact) mass is 452 g/mol. The van der Waals surface area contributed by atoms with Crippen molar-refractivity contribution in [2.75, 3.05) is 0 Å². The first kappa shape index (κ1) is 25.1. The van der Waals surface area contributed by atoms with Gasteiger partial charge in [-0.2, -0.15) is 10.2 Å². The Labute approximate surface area is 191 Å². The number of rotatable bonds is 10. The predicted molar refractivity (Wildman–Crippen MR) is 141 cm³/mol. The van der Waals surface area contributed by atoms with Crippen molar-refractivity contribution in [2.45, 2.75) is 72.6 Å². The maximum absolute atomic E-state index is 5.06. The van der Waals surface area contributed by atoms with Crippen LogP contribution in [-0.2, 0) is 13.1 Å². The maximum atomic E-state index is 5.06. The zero-order valence-corrected chi connectivity index (χ0v) is 22.7. The zero-order valence-electron chi connectivity index (χ0n) is 20.7. The van der Waals surface area contributed by atoms with E-state index >= 15 is 0 Å². The summed E-state index contributed by atoms with van der Waals surface area (Å²) in [5.74, 6) is 0. The Morgan fingerprint density at radius 3 is 1.23 bits per heavy atom. The predicted octanol–water partition coefficient (Wildman–Crippen LogP) is 6.80. The second kappa shape index (κ2) is 10.9. The summed E-state index contributed by atoms with van der Waals surface area (Å²) in [6, 6.07) is 21.3. The molecule has 0 aliphatic rings. The second-order valence-corrected chi connectivity index (χ2v) is 20.0. The normalized spacial score (nSPS) is 13.3. The Morgan fingerprint density at radius 1 is 0.613 bits per heavy atom. The first-order chi connectivity index (χ1) is 14.4. The summed E-state index contributed by atoms with van der Waals surface area (Å²) in [5.41, 5.74) is 4.85. The van der Waals surface area contributed by atoms with Gasteiger partial charge >= 0.3 is 0 Å². The van der Waals surface area contributed by atoms with E-state index in [0.717, 1.165) is 30.9 Å². The Kier molecular flexibility index (Phi) is 8.83. The third kappa shape index (κ3) is 8.83. The van der Waals surface area contributed by atoms with Crippen LogP contribution in [-0.4, -0.2) is 37.2 Å². The molecule has 2 rings (SSSR count). The van der Waals surface area contributed by atoms with Gasteiger partial charge in [0.05, 0.1) is 13.1 Å². The molecule has 0 spiro atoms. The fraction of sp³-hybridized carbons (Fsp3) is 0.440. The van der Waals surface area contributed by atoms with Gasteiger partial charge in [-0.05, 0) is 25.0 Å². The zero-order chi connectivity index (χ0) is 23.1. The summed E-state index contributed by atoms with van der Waals surface area (Å²) in [5, 5.41) is 10.1. The average molecular weight is 453 g/mol. The van der Waals surface area contributed by atoms with Crippen molar-refractivity contribution >= 4 is 27.9 Å². The molecule has 0 heterocycles. The highest BCUT2D eigenvalue weighted by Gasteiger charge is 2.25. The highest BCUT2D eigenvalue weighted by Crippen LogP contribution is 2.18. The number of hydrogen-bond donors (Lipinski definition) is 0. The lowest BCUT2D eigenvalue weighted by atomic mass is 10.2. The first-order valence-electron chi connectivity index (χ1n) is 11.2. The van der Waals surface area contributed by atoms with Crippen LogP contribution in [0.15, 0.2) is 70.9 Å². The summed E-state index contributed by atoms with van der Waals surface area (Å²) in [6.07, 6.45) is 0.797. The number of nitrogens with zero attached hydrogens (tertiary/aromatic N) is 4. The summed E-state index contributed by atoms with van der Waals surface area (Å²) in [4.78, 5) is 0. The number of hydrazone groups is 2. The van der Waals surface area contributed by atoms with Crippen molar-refractivity contribution in [3.05, 3.63) is 71.8 Å². The molecule has 0 aliphatic carbocycles. The minimum absolute atomic E-state index is 0.797. The van der Waals surface area contributed by atoms with Crippen molar-refractivity contribution in [3.8, 4) is 0 Å². The SMILES string of the molecule is C/C(C/C(C)=N/N(Cc1ccccc1)[Si](C)(C)C)=N\N(Cc1ccccc1)[Si](C)(C)C. The van der Waals surface area contributed by atoms with Crippen LogP contribution in [0.4, 0.5) is 0 Å². The van der Waals surface area contributed by atoms with Gasteiger partial charge in [0.2, 0.25) is 0 Å². The van der Waals surface area contributed by atoms with E-state index in [1.165, 1.54) is 11.1 Å². The summed E-state index contributed by atoms with van der Waals surface area (Å²) >= 11 is 0. The van der Waals surface area contributed by atoms with Crippen LogP contribution in [0.1, 0.15) is 31.4 Å². The third-order valence-electron chi connectivity index (χ3n) is 4.99. The van der Waals surface area contributed by atoms with Gasteiger partial charge in [-0.25, -0.2) is 0 Å². The molecule has 0 N–H and O–H groups in total. The second-order valence-electron chi connectivity index (χ2n) is 10.3. The smallest absolute Gasteiger partial charge is 0.169 e. The van der Waals surface area contributed by atoms with Crippen LogP contribution in [0.2, 0.25) is 39.3 Å². The van der Waals surface area contributed by atoms with E-state index in [1.807, 2.05) is 0 Å². The molecule has 0 saturated heterocycles. The van der Waals surface area contributed by atoms with Crippen molar-refractivity contribution in [3.63, 3.8) is 0 Å². The third-order valence-corrected chi connectivity index (χ3v) is 8.61. The van der Waals surface area contributed by atoms with E-state index in [1.54, 1.807) is 0 Å². The average Bonchev–Trinajstić information content (AvgIpc) is 2.67. The van der Waals surface area contributed by atoms with E-state index in [-0.39, 0.29) is 0 Å². The van der Waals surface area contributed by atoms with Crippen molar-refractivity contribution in [2.24, 2.45) is 10.2 Å². The van der Waals surface area contributed by atoms with Gasteiger partial charge in [0.15, 0.2) is 16.5 Å². The Balaban J connectivity index is 2.16. The summed E-state index contributed by atoms with van der Waals surface area (Å²) < 4.78 is 4.65. The van der Waals surface area contributed by atoms with E-state index in [2.05, 4.69) is 123 Å². The topological polar surface area (TPSA) is 31.2 Å². The fourth-order valence-corrected chi connectivity index (χ4v) is 5.47. The first-order valence-corrected chi connectivity index (χ1v) is 18.1. The van der Waals surface area contributed by atoms with E-state index in [9.17, 15) is 0 Å². The molecular weight excluding hydrogens is 412 g/mol. The fourth-order valence-electron chi connectivity index (χ4n) is 3.21. The van der Waals surface area contributed by atoms with Crippen LogP contribution in [0, 0.1) is 0 Å². The Morgan fingerprint density at radius 2 is 0.935 bits per heavy atom. The molecule has 4 nitrogen and oxygen atoms in total. The molecule has 0 aliphatic heterocycles. The quantitative estimate of drug-likeness (QED) is 0.225. The molecule has 31 heavy (non-hydrogen) atoms. The van der Waals surface area contributed by atoms with Crippen molar-refractivity contribution < 1.29 is 0 Å². The van der Waals surface area contributed by atoms with Crippen molar-refractivity contribution in [1.29, 1.82) is 0 Å². The lowest BCUT2D eigenvalue weighted by Gasteiger charge is -2.33. The molecule has 6 heteroatoms. The van der Waals surface area contributed by atoms with Gasteiger partial charge in [-0.3, -0.25) is 0 Å². The molecule has 0 unspecified atom stereocenters. The number of hydrogen-bond acceptors (Lipinski definition) is 4. The summed E-state index contributed by atoms with van der Waals surface area (Å²) in [7, 11) is -3.19. The van der Waals surface area contributed by atoms with E-state index in [4.69, 9.17) is 10.2 Å². The van der Waals surface area contributed by atoms with E-state index in [0.29, 0.717) is 0 Å². The van der Waals surface area contributed by atoms with Gasteiger partial charge in [-0.15, -0.1) is 0 Å². The Bertz CT molecular complexity index is 792. The standard InChI is InChI=1S/C25H40N4Si2/c1-22(26-28(30(3,4)5)20-24-15-11-9-12-16-24)19-23(2)27-29(31(6,7)8)21-25-17-13-10-14-18-25/h9-18H,19-21H2,1-8H3/b26-22+,27-23+. The van der Waals surface area contributed by atoms with Gasteiger partial charge in [0.1, 0.15) is 0 Å². The lowest BCUT2D eigenvalue weighted by molar-refractivity contribution is 0.440. The minimum Gasteiger partial charge on any atom is -0.320 e. The highest BCUT2D eigenvalue weighted by molar-refractivity contribution is 6.73. The van der Waals surface area contributed by atoms with E-state index < -0.39 is 16.5 Å². The van der Waals surface area contributed by atoms with Crippen molar-refractivity contribution in [1.82, 2.24) is 9.35 Å². The highest BCUT2D eigenvalue weighted by atomic mass is 28.3. The van der Waals surface area contributed by atoms with Crippen LogP contribution in [0.3, 0.4) is 0 Å². The Hall–Kier alpha value is -2.19.